The molecule has 3 N–H and O–H groups in total. The largest absolute Gasteiger partial charge is 0.492 e. The molecule has 2 heterocycles. The van der Waals surface area contributed by atoms with Crippen molar-refractivity contribution in [3.63, 3.8) is 0 Å². The maximum atomic E-state index is 13.5. The Bertz CT molecular complexity index is 1750. The van der Waals surface area contributed by atoms with Gasteiger partial charge in [0.2, 0.25) is 5.91 Å². The standard InChI is InChI=1S/C35H35Cl2N3O8S2/c36-28-7-3-24(18-29(28)37)23-4-8-30(47-16-13-39-11-14-46-15-12-39)25(17-23)19-31-33(44)40(35(49)50-31)10-9-32(43)38-26-5-1-22(2-6-26)34(45)48-21-27(42)20-41/h1-8,17-19,27,41-42H,9-16,20-21H2,(H,38,43)/b31-19-. The van der Waals surface area contributed by atoms with Gasteiger partial charge in [-0.2, -0.15) is 0 Å². The van der Waals surface area contributed by atoms with Crippen LogP contribution >= 0.6 is 47.2 Å². The minimum atomic E-state index is -1.16. The summed E-state index contributed by atoms with van der Waals surface area (Å²) in [4.78, 5) is 42.5. The van der Waals surface area contributed by atoms with E-state index in [0.717, 1.165) is 42.5 Å². The SMILES string of the molecule is O=C(CCN1C(=O)/C(=C/c2cc(-c3ccc(Cl)c(Cl)c3)ccc2OCCN2CCOCC2)SC1=S)Nc1ccc(C(=O)OCC(O)CO)cc1. The number of morpholine rings is 1. The molecule has 5 rings (SSSR count). The van der Waals surface area contributed by atoms with Crippen LogP contribution in [0.4, 0.5) is 5.69 Å². The average Bonchev–Trinajstić information content (AvgIpc) is 3.39. The Morgan fingerprint density at radius 3 is 2.46 bits per heavy atom. The molecule has 2 amide bonds. The van der Waals surface area contributed by atoms with Gasteiger partial charge in [0.05, 0.1) is 40.3 Å². The molecule has 1 atom stereocenters. The van der Waals surface area contributed by atoms with Crippen molar-refractivity contribution in [3.05, 3.63) is 86.7 Å². The molecule has 2 saturated heterocycles. The minimum Gasteiger partial charge on any atom is -0.492 e. The number of rotatable bonds is 14. The summed E-state index contributed by atoms with van der Waals surface area (Å²) in [5, 5.41) is 21.8. The van der Waals surface area contributed by atoms with Crippen molar-refractivity contribution in [1.82, 2.24) is 9.80 Å². The number of benzene rings is 3. The van der Waals surface area contributed by atoms with Crippen LogP contribution in [0.5, 0.6) is 5.75 Å². The smallest absolute Gasteiger partial charge is 0.338 e. The number of hydrogen-bond acceptors (Lipinski definition) is 11. The van der Waals surface area contributed by atoms with Gasteiger partial charge in [-0.3, -0.25) is 19.4 Å². The van der Waals surface area contributed by atoms with E-state index in [4.69, 9.17) is 54.7 Å². The quantitative estimate of drug-likeness (QED) is 0.115. The molecule has 15 heteroatoms. The van der Waals surface area contributed by atoms with Gasteiger partial charge < -0.3 is 29.7 Å². The molecular weight excluding hydrogens is 725 g/mol. The Kier molecular flexibility index (Phi) is 13.7. The highest BCUT2D eigenvalue weighted by Crippen LogP contribution is 2.37. The second-order valence-electron chi connectivity index (χ2n) is 11.3. The number of carbonyl (C=O) groups excluding carboxylic acids is 3. The van der Waals surface area contributed by atoms with Crippen LogP contribution in [0.25, 0.3) is 17.2 Å². The number of amides is 2. The summed E-state index contributed by atoms with van der Waals surface area (Å²) in [6.07, 6.45) is 0.568. The van der Waals surface area contributed by atoms with Crippen LogP contribution in [0.3, 0.4) is 0 Å². The molecule has 11 nitrogen and oxygen atoms in total. The first-order valence-electron chi connectivity index (χ1n) is 15.7. The average molecular weight is 761 g/mol. The molecule has 0 spiro atoms. The van der Waals surface area contributed by atoms with E-state index in [1.54, 1.807) is 18.2 Å². The number of anilines is 1. The predicted molar refractivity (Wildman–Crippen MR) is 198 cm³/mol. The second-order valence-corrected chi connectivity index (χ2v) is 13.8. The van der Waals surface area contributed by atoms with Crippen molar-refractivity contribution in [2.45, 2.75) is 12.5 Å². The summed E-state index contributed by atoms with van der Waals surface area (Å²) in [6.45, 7) is 3.45. The molecular formula is C35H35Cl2N3O8S2. The minimum absolute atomic E-state index is 0.0225. The summed E-state index contributed by atoms with van der Waals surface area (Å²) in [5.41, 5.74) is 3.04. The summed E-state index contributed by atoms with van der Waals surface area (Å²) in [7, 11) is 0. The van der Waals surface area contributed by atoms with Gasteiger partial charge in [-0.25, -0.2) is 4.79 Å². The van der Waals surface area contributed by atoms with Crippen molar-refractivity contribution >= 4 is 81.0 Å². The number of aliphatic hydroxyl groups excluding tert-OH is 2. The Morgan fingerprint density at radius 1 is 1.02 bits per heavy atom. The molecule has 264 valence electrons. The number of thiocarbonyl (C=S) groups is 1. The molecule has 3 aromatic carbocycles. The number of esters is 1. The third-order valence-electron chi connectivity index (χ3n) is 7.78. The lowest BCUT2D eigenvalue weighted by Gasteiger charge is -2.26. The lowest BCUT2D eigenvalue weighted by atomic mass is 10.0. The number of aliphatic hydroxyl groups is 2. The van der Waals surface area contributed by atoms with Gasteiger partial charge in [-0.1, -0.05) is 59.3 Å². The zero-order chi connectivity index (χ0) is 35.6. The monoisotopic (exact) mass is 759 g/mol. The van der Waals surface area contributed by atoms with Gasteiger partial charge in [0, 0.05) is 43.9 Å². The van der Waals surface area contributed by atoms with Crippen LogP contribution in [-0.2, 0) is 19.1 Å². The summed E-state index contributed by atoms with van der Waals surface area (Å²) in [6, 6.07) is 17.1. The van der Waals surface area contributed by atoms with Gasteiger partial charge in [0.25, 0.3) is 5.91 Å². The van der Waals surface area contributed by atoms with Crippen LogP contribution in [0.15, 0.2) is 65.6 Å². The zero-order valence-electron chi connectivity index (χ0n) is 26.8. The highest BCUT2D eigenvalue weighted by Gasteiger charge is 2.32. The number of nitrogens with one attached hydrogen (secondary N) is 1. The number of carbonyl (C=O) groups is 3. The van der Waals surface area contributed by atoms with Crippen LogP contribution in [0.2, 0.25) is 10.0 Å². The fraction of sp³-hybridized carbons (Fsp3) is 0.314. The summed E-state index contributed by atoms with van der Waals surface area (Å²) < 4.78 is 16.9. The Labute approximate surface area is 309 Å². The first-order chi connectivity index (χ1) is 24.1. The van der Waals surface area contributed by atoms with Crippen molar-refractivity contribution in [3.8, 4) is 16.9 Å². The maximum absolute atomic E-state index is 13.5. The number of ether oxygens (including phenoxy) is 3. The van der Waals surface area contributed by atoms with E-state index in [2.05, 4.69) is 10.2 Å². The first kappa shape index (κ1) is 37.7. The number of thioether (sulfide) groups is 1. The van der Waals surface area contributed by atoms with E-state index in [1.165, 1.54) is 29.2 Å². The van der Waals surface area contributed by atoms with Crippen molar-refractivity contribution in [2.24, 2.45) is 0 Å². The maximum Gasteiger partial charge on any atom is 0.338 e. The number of halogens is 2. The molecule has 2 aliphatic rings. The molecule has 0 aromatic heterocycles. The van der Waals surface area contributed by atoms with Crippen molar-refractivity contribution in [2.75, 3.05) is 64.5 Å². The molecule has 50 heavy (non-hydrogen) atoms. The van der Waals surface area contributed by atoms with Gasteiger partial charge >= 0.3 is 5.97 Å². The molecule has 2 aliphatic heterocycles. The van der Waals surface area contributed by atoms with E-state index < -0.39 is 18.7 Å². The lowest BCUT2D eigenvalue weighted by molar-refractivity contribution is -0.122. The third-order valence-corrected chi connectivity index (χ3v) is 9.89. The fourth-order valence-electron chi connectivity index (χ4n) is 5.03. The first-order valence-corrected chi connectivity index (χ1v) is 17.7. The van der Waals surface area contributed by atoms with Gasteiger partial charge in [0.1, 0.15) is 29.4 Å². The highest BCUT2D eigenvalue weighted by atomic mass is 35.5. The van der Waals surface area contributed by atoms with Gasteiger partial charge in [-0.15, -0.1) is 0 Å². The molecule has 1 unspecified atom stereocenters. The van der Waals surface area contributed by atoms with Crippen LogP contribution in [0.1, 0.15) is 22.3 Å². The number of nitrogens with zero attached hydrogens (tertiary/aromatic N) is 2. The Morgan fingerprint density at radius 2 is 1.74 bits per heavy atom. The molecule has 0 radical (unpaired) electrons. The van der Waals surface area contributed by atoms with E-state index in [0.29, 0.717) is 56.1 Å². The van der Waals surface area contributed by atoms with E-state index in [-0.39, 0.29) is 37.0 Å². The molecule has 0 aliphatic carbocycles. The lowest BCUT2D eigenvalue weighted by Crippen LogP contribution is -2.38. The molecule has 2 fully saturated rings. The van der Waals surface area contributed by atoms with E-state index in [1.807, 2.05) is 24.3 Å². The topological polar surface area (TPSA) is 138 Å². The van der Waals surface area contributed by atoms with Crippen LogP contribution in [-0.4, -0.2) is 107 Å². The molecule has 0 bridgehead atoms. The Hall–Kier alpha value is -3.53. The zero-order valence-corrected chi connectivity index (χ0v) is 30.0. The van der Waals surface area contributed by atoms with Crippen molar-refractivity contribution < 1.29 is 38.8 Å². The third kappa shape index (κ3) is 10.3. The fourth-order valence-corrected chi connectivity index (χ4v) is 6.62. The highest BCUT2D eigenvalue weighted by molar-refractivity contribution is 8.26. The van der Waals surface area contributed by atoms with Gasteiger partial charge in [-0.05, 0) is 65.7 Å². The summed E-state index contributed by atoms with van der Waals surface area (Å²) >= 11 is 19.1. The van der Waals surface area contributed by atoms with Gasteiger partial charge in [0.15, 0.2) is 0 Å². The van der Waals surface area contributed by atoms with Crippen molar-refractivity contribution in [1.29, 1.82) is 0 Å². The van der Waals surface area contributed by atoms with E-state index >= 15 is 0 Å². The predicted octanol–water partition coefficient (Wildman–Crippen LogP) is 5.11. The second kappa shape index (κ2) is 18.1. The Balaban J connectivity index is 1.23. The molecule has 0 saturated carbocycles. The number of hydrogen-bond donors (Lipinski definition) is 3. The van der Waals surface area contributed by atoms with E-state index in [9.17, 15) is 19.5 Å². The van der Waals surface area contributed by atoms with Crippen LogP contribution in [0, 0.1) is 0 Å². The van der Waals surface area contributed by atoms with Crippen LogP contribution < -0.4 is 10.1 Å². The molecule has 3 aromatic rings. The summed E-state index contributed by atoms with van der Waals surface area (Å²) in [5.74, 6) is -0.741. The normalized spacial score (nSPS) is 16.5.